The number of halogens is 1. The zero-order chi connectivity index (χ0) is 16.3. The molecule has 1 heterocycles. The van der Waals surface area contributed by atoms with Crippen LogP contribution in [0.4, 0.5) is 5.69 Å². The number of amides is 1. The van der Waals surface area contributed by atoms with Crippen LogP contribution in [0.15, 0.2) is 39.9 Å². The Morgan fingerprint density at radius 3 is 2.68 bits per heavy atom. The van der Waals surface area contributed by atoms with Gasteiger partial charge in [0, 0.05) is 17.8 Å². The minimum atomic E-state index is -3.63. The molecule has 5 nitrogen and oxygen atoms in total. The molecule has 0 saturated heterocycles. The van der Waals surface area contributed by atoms with E-state index in [1.807, 2.05) is 6.92 Å². The molecule has 0 bridgehead atoms. The smallest absolute Gasteiger partial charge is 0.252 e. The van der Waals surface area contributed by atoms with E-state index in [1.54, 1.807) is 29.6 Å². The summed E-state index contributed by atoms with van der Waals surface area (Å²) < 4.78 is 25.7. The molecule has 1 amide bonds. The van der Waals surface area contributed by atoms with Crippen molar-refractivity contribution in [2.45, 2.75) is 11.1 Å². The van der Waals surface area contributed by atoms with Gasteiger partial charge in [-0.2, -0.15) is 4.31 Å². The van der Waals surface area contributed by atoms with Crippen molar-refractivity contribution < 1.29 is 13.2 Å². The van der Waals surface area contributed by atoms with Gasteiger partial charge < -0.3 is 5.32 Å². The summed E-state index contributed by atoms with van der Waals surface area (Å²) in [6, 6.07) is 8.24. The second-order valence-electron chi connectivity index (χ2n) is 4.70. The maximum absolute atomic E-state index is 12.2. The first-order valence-corrected chi connectivity index (χ1v) is 9.06. The number of carbonyl (C=O) groups excluding carboxylic acids is 1. The third-order valence-corrected chi connectivity index (χ3v) is 6.40. The molecule has 0 unspecified atom stereocenters. The highest BCUT2D eigenvalue weighted by Gasteiger charge is 2.23. The molecule has 0 aliphatic heterocycles. The van der Waals surface area contributed by atoms with Gasteiger partial charge in [0.15, 0.2) is 0 Å². The van der Waals surface area contributed by atoms with E-state index in [4.69, 9.17) is 11.6 Å². The molecule has 0 radical (unpaired) electrons. The van der Waals surface area contributed by atoms with Gasteiger partial charge in [-0.25, -0.2) is 8.42 Å². The molecule has 0 spiro atoms. The van der Waals surface area contributed by atoms with E-state index in [0.29, 0.717) is 10.7 Å². The highest BCUT2D eigenvalue weighted by atomic mass is 35.5. The zero-order valence-corrected chi connectivity index (χ0v) is 14.4. The molecule has 0 atom stereocenters. The average Bonchev–Trinajstić information content (AvgIpc) is 2.96. The highest BCUT2D eigenvalue weighted by molar-refractivity contribution is 7.91. The van der Waals surface area contributed by atoms with Gasteiger partial charge >= 0.3 is 0 Å². The predicted molar refractivity (Wildman–Crippen MR) is 89.0 cm³/mol. The minimum Gasteiger partial charge on any atom is -0.325 e. The van der Waals surface area contributed by atoms with Gasteiger partial charge in [0.25, 0.3) is 10.0 Å². The van der Waals surface area contributed by atoms with Crippen LogP contribution in [0.1, 0.15) is 5.56 Å². The first kappa shape index (κ1) is 17.0. The van der Waals surface area contributed by atoms with Gasteiger partial charge in [-0.15, -0.1) is 11.3 Å². The lowest BCUT2D eigenvalue weighted by Gasteiger charge is -2.16. The molecule has 2 aromatic rings. The largest absolute Gasteiger partial charge is 0.325 e. The Bertz CT molecular complexity index is 773. The van der Waals surface area contributed by atoms with Crippen molar-refractivity contribution in [1.29, 1.82) is 0 Å². The highest BCUT2D eigenvalue weighted by Crippen LogP contribution is 2.21. The molecule has 0 saturated carbocycles. The van der Waals surface area contributed by atoms with Gasteiger partial charge in [0.1, 0.15) is 4.21 Å². The monoisotopic (exact) mass is 358 g/mol. The fraction of sp³-hybridized carbons (Fsp3) is 0.214. The molecule has 118 valence electrons. The lowest BCUT2D eigenvalue weighted by Crippen LogP contribution is -2.34. The summed E-state index contributed by atoms with van der Waals surface area (Å²) in [4.78, 5) is 12.0. The number of likely N-dealkylation sites (N-methyl/N-ethyl adjacent to an activating group) is 1. The second kappa shape index (κ2) is 6.78. The Morgan fingerprint density at radius 1 is 1.36 bits per heavy atom. The summed E-state index contributed by atoms with van der Waals surface area (Å²) >= 11 is 6.97. The van der Waals surface area contributed by atoms with Crippen molar-refractivity contribution in [3.05, 3.63) is 46.3 Å². The van der Waals surface area contributed by atoms with E-state index >= 15 is 0 Å². The third kappa shape index (κ3) is 3.86. The molecule has 1 aromatic heterocycles. The first-order valence-electron chi connectivity index (χ1n) is 6.36. The topological polar surface area (TPSA) is 66.5 Å². The summed E-state index contributed by atoms with van der Waals surface area (Å²) in [5, 5.41) is 4.94. The summed E-state index contributed by atoms with van der Waals surface area (Å²) in [7, 11) is -2.25. The van der Waals surface area contributed by atoms with E-state index in [2.05, 4.69) is 5.32 Å². The molecular formula is C14H15ClN2O3S2. The van der Waals surface area contributed by atoms with Crippen LogP contribution >= 0.6 is 22.9 Å². The summed E-state index contributed by atoms with van der Waals surface area (Å²) in [6.45, 7) is 1.55. The maximum atomic E-state index is 12.2. The normalized spacial score (nSPS) is 11.6. The molecule has 2 rings (SSSR count). The Kier molecular flexibility index (Phi) is 5.23. The fourth-order valence-corrected chi connectivity index (χ4v) is 4.36. The number of anilines is 1. The van der Waals surface area contributed by atoms with Crippen molar-refractivity contribution >= 4 is 44.6 Å². The van der Waals surface area contributed by atoms with Crippen molar-refractivity contribution in [1.82, 2.24) is 4.31 Å². The number of benzene rings is 1. The number of hydrogen-bond acceptors (Lipinski definition) is 4. The van der Waals surface area contributed by atoms with E-state index in [1.165, 1.54) is 13.1 Å². The van der Waals surface area contributed by atoms with Crippen LogP contribution in [0, 0.1) is 6.92 Å². The molecular weight excluding hydrogens is 344 g/mol. The molecule has 8 heteroatoms. The van der Waals surface area contributed by atoms with Crippen LogP contribution in [0.3, 0.4) is 0 Å². The molecule has 1 aromatic carbocycles. The van der Waals surface area contributed by atoms with Gasteiger partial charge in [-0.05, 0) is 42.1 Å². The first-order chi connectivity index (χ1) is 10.3. The van der Waals surface area contributed by atoms with Gasteiger partial charge in [-0.1, -0.05) is 17.7 Å². The standard InChI is InChI=1S/C14H15ClN2O3S2/c1-10-8-11(15)5-6-12(10)16-13(18)9-17(2)22(19,20)14-4-3-7-21-14/h3-8H,9H2,1-2H3,(H,16,18). The Balaban J connectivity index is 2.06. The van der Waals surface area contributed by atoms with Crippen LogP contribution in [0.5, 0.6) is 0 Å². The average molecular weight is 359 g/mol. The predicted octanol–water partition coefficient (Wildman–Crippen LogP) is 2.97. The van der Waals surface area contributed by atoms with Crippen LogP contribution in [-0.2, 0) is 14.8 Å². The number of rotatable bonds is 5. The molecule has 0 fully saturated rings. The summed E-state index contributed by atoms with van der Waals surface area (Å²) in [5.41, 5.74) is 1.42. The van der Waals surface area contributed by atoms with Crippen molar-refractivity contribution in [2.75, 3.05) is 18.9 Å². The van der Waals surface area contributed by atoms with Crippen molar-refractivity contribution in [3.63, 3.8) is 0 Å². The van der Waals surface area contributed by atoms with Gasteiger partial charge in [-0.3, -0.25) is 4.79 Å². The summed E-state index contributed by atoms with van der Waals surface area (Å²) in [5.74, 6) is -0.409. The lowest BCUT2D eigenvalue weighted by atomic mass is 10.2. The van der Waals surface area contributed by atoms with Gasteiger partial charge in [0.2, 0.25) is 5.91 Å². The number of sulfonamides is 1. The fourth-order valence-electron chi connectivity index (χ4n) is 1.81. The van der Waals surface area contributed by atoms with Crippen LogP contribution in [0.2, 0.25) is 5.02 Å². The SMILES string of the molecule is Cc1cc(Cl)ccc1NC(=O)CN(C)S(=O)(=O)c1cccs1. The number of nitrogens with zero attached hydrogens (tertiary/aromatic N) is 1. The van der Waals surface area contributed by atoms with Crippen LogP contribution in [-0.4, -0.2) is 32.2 Å². The molecule has 0 aliphatic carbocycles. The number of aryl methyl sites for hydroxylation is 1. The third-order valence-electron chi connectivity index (χ3n) is 2.99. The number of thiophene rings is 1. The summed E-state index contributed by atoms with van der Waals surface area (Å²) in [6.07, 6.45) is 0. The lowest BCUT2D eigenvalue weighted by molar-refractivity contribution is -0.116. The van der Waals surface area contributed by atoms with E-state index in [0.717, 1.165) is 21.2 Å². The number of carbonyl (C=O) groups is 1. The molecule has 22 heavy (non-hydrogen) atoms. The molecule has 0 aliphatic rings. The number of hydrogen-bond donors (Lipinski definition) is 1. The van der Waals surface area contributed by atoms with Crippen molar-refractivity contribution in [2.24, 2.45) is 0 Å². The molecule has 1 N–H and O–H groups in total. The Labute approximate surface area is 138 Å². The zero-order valence-electron chi connectivity index (χ0n) is 12.0. The Morgan fingerprint density at radius 2 is 2.09 bits per heavy atom. The van der Waals surface area contributed by atoms with E-state index in [-0.39, 0.29) is 10.8 Å². The Hall–Kier alpha value is -1.41. The van der Waals surface area contributed by atoms with E-state index in [9.17, 15) is 13.2 Å². The van der Waals surface area contributed by atoms with E-state index < -0.39 is 15.9 Å². The maximum Gasteiger partial charge on any atom is 0.252 e. The van der Waals surface area contributed by atoms with Crippen molar-refractivity contribution in [3.8, 4) is 0 Å². The van der Waals surface area contributed by atoms with Crippen LogP contribution in [0.25, 0.3) is 0 Å². The van der Waals surface area contributed by atoms with Gasteiger partial charge in [0.05, 0.1) is 6.54 Å². The van der Waals surface area contributed by atoms with Crippen LogP contribution < -0.4 is 5.32 Å². The number of nitrogens with one attached hydrogen (secondary N) is 1. The minimum absolute atomic E-state index is 0.213. The quantitative estimate of drug-likeness (QED) is 0.893. The second-order valence-corrected chi connectivity index (χ2v) is 8.36.